The Labute approximate surface area is 104 Å². The van der Waals surface area contributed by atoms with E-state index in [9.17, 15) is 12.8 Å². The van der Waals surface area contributed by atoms with Crippen LogP contribution in [-0.2, 0) is 28.4 Å². The molecule has 0 aliphatic rings. The van der Waals surface area contributed by atoms with Crippen molar-refractivity contribution >= 4 is 9.84 Å². The Kier molecular flexibility index (Phi) is 3.42. The van der Waals surface area contributed by atoms with Gasteiger partial charge in [0.05, 0.1) is 23.4 Å². The third-order valence-corrected chi connectivity index (χ3v) is 3.83. The highest BCUT2D eigenvalue weighted by Crippen LogP contribution is 2.13. The van der Waals surface area contributed by atoms with Gasteiger partial charge in [0, 0.05) is 12.6 Å². The van der Waals surface area contributed by atoms with Crippen LogP contribution in [0.4, 0.5) is 4.39 Å². The molecule has 0 spiro atoms. The molecule has 1 aromatic heterocycles. The monoisotopic (exact) mass is 269 g/mol. The first-order valence-corrected chi connectivity index (χ1v) is 7.07. The summed E-state index contributed by atoms with van der Waals surface area (Å²) >= 11 is 0. The summed E-state index contributed by atoms with van der Waals surface area (Å²) < 4.78 is 37.1. The number of aromatic nitrogens is 3. The van der Waals surface area contributed by atoms with Gasteiger partial charge in [-0.3, -0.25) is 0 Å². The van der Waals surface area contributed by atoms with Crippen LogP contribution in [0.25, 0.3) is 0 Å². The summed E-state index contributed by atoms with van der Waals surface area (Å²) in [6.07, 6.45) is 1.39. The fraction of sp³-hybridized carbons (Fsp3) is 0.273. The molecule has 0 unspecified atom stereocenters. The van der Waals surface area contributed by atoms with E-state index in [1.165, 1.54) is 29.2 Å². The standard InChI is InChI=1S/C11H12FN3O2S/c1-15-13-6-10(14-15)8-18(16,17)7-9-4-2-3-5-11(9)12/h2-6H,7-8H2,1H3. The van der Waals surface area contributed by atoms with E-state index in [-0.39, 0.29) is 17.1 Å². The van der Waals surface area contributed by atoms with E-state index in [1.807, 2.05) is 0 Å². The van der Waals surface area contributed by atoms with E-state index < -0.39 is 15.7 Å². The number of nitrogens with zero attached hydrogens (tertiary/aromatic N) is 3. The maximum atomic E-state index is 13.4. The summed E-state index contributed by atoms with van der Waals surface area (Å²) in [7, 11) is -1.85. The molecule has 2 rings (SSSR count). The van der Waals surface area contributed by atoms with Gasteiger partial charge < -0.3 is 0 Å². The van der Waals surface area contributed by atoms with Gasteiger partial charge in [0.1, 0.15) is 5.82 Å². The van der Waals surface area contributed by atoms with Crippen molar-refractivity contribution in [3.63, 3.8) is 0 Å². The molecule has 1 heterocycles. The first-order chi connectivity index (χ1) is 8.46. The Morgan fingerprint density at radius 1 is 1.28 bits per heavy atom. The lowest BCUT2D eigenvalue weighted by atomic mass is 10.2. The summed E-state index contributed by atoms with van der Waals surface area (Å²) in [5.41, 5.74) is 0.523. The molecular weight excluding hydrogens is 257 g/mol. The van der Waals surface area contributed by atoms with Crippen LogP contribution >= 0.6 is 0 Å². The van der Waals surface area contributed by atoms with Gasteiger partial charge in [0.2, 0.25) is 0 Å². The summed E-state index contributed by atoms with van der Waals surface area (Å²) in [6.45, 7) is 0. The summed E-state index contributed by atoms with van der Waals surface area (Å²) in [5, 5.41) is 7.68. The summed E-state index contributed by atoms with van der Waals surface area (Å²) in [5.74, 6) is -1.09. The molecule has 0 aliphatic heterocycles. The first-order valence-electron chi connectivity index (χ1n) is 5.25. The Hall–Kier alpha value is -1.76. The lowest BCUT2D eigenvalue weighted by Crippen LogP contribution is -2.09. The quantitative estimate of drug-likeness (QED) is 0.832. The second-order valence-electron chi connectivity index (χ2n) is 3.95. The minimum absolute atomic E-state index is 0.168. The summed E-state index contributed by atoms with van der Waals surface area (Å²) in [4.78, 5) is 1.29. The molecule has 0 saturated heterocycles. The Morgan fingerprint density at radius 3 is 2.61 bits per heavy atom. The van der Waals surface area contributed by atoms with E-state index in [4.69, 9.17) is 0 Å². The minimum Gasteiger partial charge on any atom is -0.228 e. The van der Waals surface area contributed by atoms with Crippen molar-refractivity contribution in [1.82, 2.24) is 15.0 Å². The largest absolute Gasteiger partial charge is 0.228 e. The predicted molar refractivity (Wildman–Crippen MR) is 63.7 cm³/mol. The molecule has 0 aliphatic carbocycles. The average molecular weight is 269 g/mol. The van der Waals surface area contributed by atoms with Gasteiger partial charge in [-0.2, -0.15) is 15.0 Å². The number of benzene rings is 1. The van der Waals surface area contributed by atoms with Crippen molar-refractivity contribution in [2.24, 2.45) is 7.05 Å². The molecule has 18 heavy (non-hydrogen) atoms. The normalized spacial score (nSPS) is 11.7. The fourth-order valence-corrected chi connectivity index (χ4v) is 2.98. The van der Waals surface area contributed by atoms with Gasteiger partial charge in [-0.1, -0.05) is 18.2 Å². The number of aryl methyl sites for hydroxylation is 1. The van der Waals surface area contributed by atoms with Crippen molar-refractivity contribution in [2.75, 3.05) is 0 Å². The lowest BCUT2D eigenvalue weighted by Gasteiger charge is -2.03. The third kappa shape index (κ3) is 3.13. The molecule has 5 nitrogen and oxygen atoms in total. The van der Waals surface area contributed by atoms with Gasteiger partial charge in [-0.05, 0) is 6.07 Å². The second kappa shape index (κ2) is 4.85. The van der Waals surface area contributed by atoms with E-state index in [0.29, 0.717) is 5.69 Å². The van der Waals surface area contributed by atoms with Crippen LogP contribution in [0.2, 0.25) is 0 Å². The number of sulfone groups is 1. The van der Waals surface area contributed by atoms with Crippen LogP contribution in [0.5, 0.6) is 0 Å². The molecule has 0 atom stereocenters. The number of halogens is 1. The zero-order valence-corrected chi connectivity index (χ0v) is 10.6. The zero-order valence-electron chi connectivity index (χ0n) is 9.75. The second-order valence-corrected chi connectivity index (χ2v) is 6.01. The molecule has 7 heteroatoms. The van der Waals surface area contributed by atoms with Crippen molar-refractivity contribution in [3.05, 3.63) is 47.5 Å². The maximum Gasteiger partial charge on any atom is 0.160 e. The molecule has 96 valence electrons. The first kappa shape index (κ1) is 12.7. The Bertz CT molecular complexity index is 652. The molecule has 0 fully saturated rings. The van der Waals surface area contributed by atoms with Gasteiger partial charge >= 0.3 is 0 Å². The van der Waals surface area contributed by atoms with E-state index >= 15 is 0 Å². The molecule has 0 bridgehead atoms. The van der Waals surface area contributed by atoms with E-state index in [0.717, 1.165) is 0 Å². The van der Waals surface area contributed by atoms with Crippen LogP contribution in [0.1, 0.15) is 11.3 Å². The Balaban J connectivity index is 2.15. The lowest BCUT2D eigenvalue weighted by molar-refractivity contribution is 0.584. The van der Waals surface area contributed by atoms with Crippen LogP contribution in [0.3, 0.4) is 0 Å². The van der Waals surface area contributed by atoms with Gasteiger partial charge in [-0.15, -0.1) is 0 Å². The fourth-order valence-electron chi connectivity index (χ4n) is 1.58. The molecule has 2 aromatic rings. The highest BCUT2D eigenvalue weighted by molar-refractivity contribution is 7.89. The molecule has 1 aromatic carbocycles. The van der Waals surface area contributed by atoms with Crippen LogP contribution in [0, 0.1) is 5.82 Å². The molecule has 0 radical (unpaired) electrons. The average Bonchev–Trinajstić information content (AvgIpc) is 2.66. The SMILES string of the molecule is Cn1ncc(CS(=O)(=O)Cc2ccccc2F)n1. The third-order valence-electron chi connectivity index (χ3n) is 2.35. The van der Waals surface area contributed by atoms with Gasteiger partial charge in [0.15, 0.2) is 9.84 Å². The molecule has 0 amide bonds. The van der Waals surface area contributed by atoms with Gasteiger partial charge in [-0.25, -0.2) is 12.8 Å². The van der Waals surface area contributed by atoms with E-state index in [2.05, 4.69) is 10.2 Å². The zero-order chi connectivity index (χ0) is 13.2. The van der Waals surface area contributed by atoms with Crippen molar-refractivity contribution in [3.8, 4) is 0 Å². The van der Waals surface area contributed by atoms with Crippen molar-refractivity contribution in [1.29, 1.82) is 0 Å². The topological polar surface area (TPSA) is 64.8 Å². The molecular formula is C11H12FN3O2S. The van der Waals surface area contributed by atoms with Crippen LogP contribution in [0.15, 0.2) is 30.5 Å². The van der Waals surface area contributed by atoms with E-state index in [1.54, 1.807) is 13.1 Å². The smallest absolute Gasteiger partial charge is 0.160 e. The number of hydrogen-bond acceptors (Lipinski definition) is 4. The van der Waals surface area contributed by atoms with Crippen LogP contribution in [-0.4, -0.2) is 23.4 Å². The number of rotatable bonds is 4. The van der Waals surface area contributed by atoms with Crippen molar-refractivity contribution < 1.29 is 12.8 Å². The number of hydrogen-bond donors (Lipinski definition) is 0. The maximum absolute atomic E-state index is 13.4. The molecule has 0 saturated carbocycles. The minimum atomic E-state index is -3.45. The van der Waals surface area contributed by atoms with Crippen molar-refractivity contribution in [2.45, 2.75) is 11.5 Å². The Morgan fingerprint density at radius 2 is 2.00 bits per heavy atom. The molecule has 0 N–H and O–H groups in total. The van der Waals surface area contributed by atoms with Gasteiger partial charge in [0.25, 0.3) is 0 Å². The summed E-state index contributed by atoms with van der Waals surface area (Å²) in [6, 6.07) is 5.83. The van der Waals surface area contributed by atoms with Crippen LogP contribution < -0.4 is 0 Å². The highest BCUT2D eigenvalue weighted by atomic mass is 32.2. The highest BCUT2D eigenvalue weighted by Gasteiger charge is 2.17. The predicted octanol–water partition coefficient (Wildman–Crippen LogP) is 1.07.